The highest BCUT2D eigenvalue weighted by Gasteiger charge is 2.28. The molecule has 1 saturated heterocycles. The number of hydrogen-bond donors (Lipinski definition) is 2. The van der Waals surface area contributed by atoms with Gasteiger partial charge in [-0.25, -0.2) is 4.79 Å². The van der Waals surface area contributed by atoms with Crippen molar-refractivity contribution in [1.82, 2.24) is 15.5 Å². The number of methoxy groups -OCH3 is 1. The van der Waals surface area contributed by atoms with E-state index in [1.54, 1.807) is 7.05 Å². The van der Waals surface area contributed by atoms with Gasteiger partial charge in [-0.3, -0.25) is 9.59 Å². The van der Waals surface area contributed by atoms with Crippen LogP contribution >= 0.6 is 0 Å². The van der Waals surface area contributed by atoms with E-state index in [1.165, 1.54) is 14.0 Å². The van der Waals surface area contributed by atoms with Crippen LogP contribution < -0.4 is 10.6 Å². The molecule has 1 heterocycles. The van der Waals surface area contributed by atoms with Crippen molar-refractivity contribution >= 4 is 17.8 Å². The molecule has 1 unspecified atom stereocenters. The van der Waals surface area contributed by atoms with E-state index < -0.39 is 12.0 Å². The zero-order valence-electron chi connectivity index (χ0n) is 12.3. The molecule has 0 aliphatic carbocycles. The predicted octanol–water partition coefficient (Wildman–Crippen LogP) is -0.878. The molecule has 7 nitrogen and oxygen atoms in total. The number of hydrogen-bond acceptors (Lipinski definition) is 5. The SMILES string of the molecule is CNC(=O)C1CCN(CC(NC(C)=O)C(=O)OC)CC1. The minimum atomic E-state index is -0.658. The molecule has 20 heavy (non-hydrogen) atoms. The Kier molecular flexibility index (Phi) is 6.44. The summed E-state index contributed by atoms with van der Waals surface area (Å²) >= 11 is 0. The van der Waals surface area contributed by atoms with Crippen molar-refractivity contribution in [3.05, 3.63) is 0 Å². The highest BCUT2D eigenvalue weighted by molar-refractivity contribution is 5.83. The monoisotopic (exact) mass is 285 g/mol. The van der Waals surface area contributed by atoms with E-state index >= 15 is 0 Å². The van der Waals surface area contributed by atoms with E-state index in [9.17, 15) is 14.4 Å². The molecule has 114 valence electrons. The first-order chi connectivity index (χ1) is 9.47. The first-order valence-electron chi connectivity index (χ1n) is 6.76. The van der Waals surface area contributed by atoms with Gasteiger partial charge in [0.25, 0.3) is 0 Å². The van der Waals surface area contributed by atoms with Crippen molar-refractivity contribution in [3.63, 3.8) is 0 Å². The summed E-state index contributed by atoms with van der Waals surface area (Å²) in [5.74, 6) is -0.612. The van der Waals surface area contributed by atoms with Gasteiger partial charge in [-0.05, 0) is 25.9 Å². The number of esters is 1. The predicted molar refractivity (Wildman–Crippen MR) is 72.9 cm³/mol. The van der Waals surface area contributed by atoms with Crippen molar-refractivity contribution in [2.24, 2.45) is 5.92 Å². The summed E-state index contributed by atoms with van der Waals surface area (Å²) in [5.41, 5.74) is 0. The molecule has 0 aromatic rings. The largest absolute Gasteiger partial charge is 0.467 e. The Morgan fingerprint density at radius 1 is 1.30 bits per heavy atom. The Morgan fingerprint density at radius 3 is 2.35 bits per heavy atom. The molecular weight excluding hydrogens is 262 g/mol. The third-order valence-corrected chi connectivity index (χ3v) is 3.51. The number of nitrogens with zero attached hydrogens (tertiary/aromatic N) is 1. The summed E-state index contributed by atoms with van der Waals surface area (Å²) in [6.45, 7) is 3.23. The smallest absolute Gasteiger partial charge is 0.329 e. The number of nitrogens with one attached hydrogen (secondary N) is 2. The lowest BCUT2D eigenvalue weighted by Gasteiger charge is -2.32. The van der Waals surface area contributed by atoms with Crippen molar-refractivity contribution in [2.75, 3.05) is 33.8 Å². The number of rotatable bonds is 5. The molecule has 1 rings (SSSR count). The first-order valence-corrected chi connectivity index (χ1v) is 6.76. The topological polar surface area (TPSA) is 87.7 Å². The number of piperidine rings is 1. The number of carbonyl (C=O) groups is 3. The molecule has 1 fully saturated rings. The Bertz CT molecular complexity index is 365. The maximum Gasteiger partial charge on any atom is 0.329 e. The first kappa shape index (κ1) is 16.4. The number of carbonyl (C=O) groups excluding carboxylic acids is 3. The van der Waals surface area contributed by atoms with E-state index in [0.29, 0.717) is 6.54 Å². The Morgan fingerprint density at radius 2 is 1.90 bits per heavy atom. The van der Waals surface area contributed by atoms with Crippen LogP contribution in [0.4, 0.5) is 0 Å². The minimum absolute atomic E-state index is 0.0357. The second-order valence-electron chi connectivity index (χ2n) is 4.97. The molecular formula is C13H23N3O4. The van der Waals surface area contributed by atoms with Gasteiger partial charge in [0.1, 0.15) is 6.04 Å². The summed E-state index contributed by atoms with van der Waals surface area (Å²) in [5, 5.41) is 5.24. The van der Waals surface area contributed by atoms with Gasteiger partial charge in [0.2, 0.25) is 11.8 Å². The lowest BCUT2D eigenvalue weighted by molar-refractivity contribution is -0.145. The normalized spacial score (nSPS) is 18.1. The van der Waals surface area contributed by atoms with Crippen molar-refractivity contribution in [3.8, 4) is 0 Å². The summed E-state index contributed by atoms with van der Waals surface area (Å²) in [7, 11) is 2.94. The third kappa shape index (κ3) is 4.80. The molecule has 0 radical (unpaired) electrons. The van der Waals surface area contributed by atoms with Crippen molar-refractivity contribution < 1.29 is 19.1 Å². The van der Waals surface area contributed by atoms with Gasteiger partial charge in [0.05, 0.1) is 7.11 Å². The van der Waals surface area contributed by atoms with E-state index in [4.69, 9.17) is 0 Å². The number of amides is 2. The summed E-state index contributed by atoms with van der Waals surface area (Å²) in [6.07, 6.45) is 1.52. The third-order valence-electron chi connectivity index (χ3n) is 3.51. The van der Waals surface area contributed by atoms with Gasteiger partial charge in [-0.15, -0.1) is 0 Å². The molecule has 0 bridgehead atoms. The van der Waals surface area contributed by atoms with Crippen LogP contribution in [-0.2, 0) is 19.1 Å². The quantitative estimate of drug-likeness (QED) is 0.641. The average Bonchev–Trinajstić information content (AvgIpc) is 2.45. The fraction of sp³-hybridized carbons (Fsp3) is 0.769. The molecule has 0 aromatic carbocycles. The Balaban J connectivity index is 2.49. The second-order valence-corrected chi connectivity index (χ2v) is 4.97. The average molecular weight is 285 g/mol. The second kappa shape index (κ2) is 7.84. The molecule has 0 spiro atoms. The maximum atomic E-state index is 11.6. The van der Waals surface area contributed by atoms with E-state index in [2.05, 4.69) is 20.3 Å². The van der Waals surface area contributed by atoms with Gasteiger partial charge < -0.3 is 20.3 Å². The molecule has 0 saturated carbocycles. The lowest BCUT2D eigenvalue weighted by Crippen LogP contribution is -2.50. The van der Waals surface area contributed by atoms with Crippen molar-refractivity contribution in [1.29, 1.82) is 0 Å². The highest BCUT2D eigenvalue weighted by atomic mass is 16.5. The Labute approximate surface area is 119 Å². The van der Waals surface area contributed by atoms with Crippen LogP contribution in [0, 0.1) is 5.92 Å². The molecule has 0 aromatic heterocycles. The van der Waals surface area contributed by atoms with Crippen LogP contribution in [0.3, 0.4) is 0 Å². The molecule has 1 aliphatic heterocycles. The van der Waals surface area contributed by atoms with Crippen molar-refractivity contribution in [2.45, 2.75) is 25.8 Å². The number of likely N-dealkylation sites (tertiary alicyclic amines) is 1. The maximum absolute atomic E-state index is 11.6. The van der Waals surface area contributed by atoms with Gasteiger partial charge in [0.15, 0.2) is 0 Å². The zero-order valence-corrected chi connectivity index (χ0v) is 12.3. The number of ether oxygens (including phenoxy) is 1. The highest BCUT2D eigenvalue weighted by Crippen LogP contribution is 2.17. The molecule has 2 amide bonds. The van der Waals surface area contributed by atoms with Gasteiger partial charge in [0, 0.05) is 26.4 Å². The lowest BCUT2D eigenvalue weighted by atomic mass is 9.95. The summed E-state index contributed by atoms with van der Waals surface area (Å²) < 4.78 is 4.69. The van der Waals surface area contributed by atoms with Gasteiger partial charge in [-0.1, -0.05) is 0 Å². The van der Waals surface area contributed by atoms with Crippen LogP contribution in [-0.4, -0.2) is 62.5 Å². The van der Waals surface area contributed by atoms with Gasteiger partial charge in [-0.2, -0.15) is 0 Å². The van der Waals surface area contributed by atoms with Crippen LogP contribution in [0.1, 0.15) is 19.8 Å². The summed E-state index contributed by atoms with van der Waals surface area (Å²) in [4.78, 5) is 36.3. The van der Waals surface area contributed by atoms with Crippen LogP contribution in [0.5, 0.6) is 0 Å². The zero-order chi connectivity index (χ0) is 15.1. The standard InChI is InChI=1S/C13H23N3O4/c1-9(17)15-11(13(19)20-3)8-16-6-4-10(5-7-16)12(18)14-2/h10-11H,4-8H2,1-3H3,(H,14,18)(H,15,17). The van der Waals surface area contributed by atoms with Crippen LogP contribution in [0.15, 0.2) is 0 Å². The van der Waals surface area contributed by atoms with E-state index in [-0.39, 0.29) is 17.7 Å². The fourth-order valence-corrected chi connectivity index (χ4v) is 2.41. The summed E-state index contributed by atoms with van der Waals surface area (Å²) in [6, 6.07) is -0.658. The molecule has 2 N–H and O–H groups in total. The van der Waals surface area contributed by atoms with E-state index in [1.807, 2.05) is 0 Å². The molecule has 1 aliphatic rings. The fourth-order valence-electron chi connectivity index (χ4n) is 2.41. The molecule has 1 atom stereocenters. The van der Waals surface area contributed by atoms with Gasteiger partial charge >= 0.3 is 5.97 Å². The minimum Gasteiger partial charge on any atom is -0.467 e. The van der Waals surface area contributed by atoms with Crippen LogP contribution in [0.25, 0.3) is 0 Å². The Hall–Kier alpha value is -1.63. The van der Waals surface area contributed by atoms with E-state index in [0.717, 1.165) is 25.9 Å². The molecule has 7 heteroatoms. The van der Waals surface area contributed by atoms with Crippen LogP contribution in [0.2, 0.25) is 0 Å².